The summed E-state index contributed by atoms with van der Waals surface area (Å²) in [7, 11) is 0. The molecule has 1 fully saturated rings. The summed E-state index contributed by atoms with van der Waals surface area (Å²) in [6.45, 7) is 5.64. The summed E-state index contributed by atoms with van der Waals surface area (Å²) in [4.78, 5) is 12.1. The molecule has 1 aromatic carbocycles. The van der Waals surface area contributed by atoms with Gasteiger partial charge in [0, 0.05) is 24.7 Å². The molecule has 1 aliphatic rings. The molecule has 0 aliphatic heterocycles. The third-order valence-corrected chi connectivity index (χ3v) is 4.30. The van der Waals surface area contributed by atoms with Crippen molar-refractivity contribution in [1.82, 2.24) is 15.1 Å². The van der Waals surface area contributed by atoms with Crippen molar-refractivity contribution in [3.63, 3.8) is 0 Å². The number of aryl methyl sites for hydroxylation is 3. The largest absolute Gasteiger partial charge is 0.356 e. The molecule has 1 aliphatic carbocycles. The predicted molar refractivity (Wildman–Crippen MR) is 86.6 cm³/mol. The van der Waals surface area contributed by atoms with Crippen molar-refractivity contribution < 1.29 is 4.79 Å². The first-order chi connectivity index (χ1) is 10.6. The van der Waals surface area contributed by atoms with E-state index >= 15 is 0 Å². The number of hydrogen-bond donors (Lipinski definition) is 1. The van der Waals surface area contributed by atoms with Crippen LogP contribution < -0.4 is 5.32 Å². The van der Waals surface area contributed by atoms with Gasteiger partial charge in [0.25, 0.3) is 0 Å². The van der Waals surface area contributed by atoms with E-state index in [0.29, 0.717) is 5.92 Å². The van der Waals surface area contributed by atoms with Gasteiger partial charge in [-0.1, -0.05) is 30.3 Å². The Morgan fingerprint density at radius 1 is 1.32 bits per heavy atom. The van der Waals surface area contributed by atoms with Crippen LogP contribution in [-0.4, -0.2) is 22.2 Å². The number of carbonyl (C=O) groups excluding carboxylic acids is 1. The second-order valence-corrected chi connectivity index (χ2v) is 6.15. The van der Waals surface area contributed by atoms with Gasteiger partial charge in [-0.05, 0) is 44.2 Å². The third-order valence-electron chi connectivity index (χ3n) is 4.30. The maximum absolute atomic E-state index is 12.1. The third kappa shape index (κ3) is 3.38. The first-order valence-corrected chi connectivity index (χ1v) is 7.99. The molecule has 1 amide bonds. The average molecular weight is 297 g/mol. The fraction of sp³-hybridized carbons (Fsp3) is 0.444. The minimum absolute atomic E-state index is 0.163. The number of nitrogens with zero attached hydrogens (tertiary/aromatic N) is 2. The van der Waals surface area contributed by atoms with Gasteiger partial charge < -0.3 is 5.32 Å². The van der Waals surface area contributed by atoms with Crippen molar-refractivity contribution >= 4 is 5.91 Å². The Bertz CT molecular complexity index is 648. The molecule has 0 radical (unpaired) electrons. The highest BCUT2D eigenvalue weighted by Gasteiger charge is 2.43. The van der Waals surface area contributed by atoms with Crippen LogP contribution in [0.4, 0.5) is 0 Å². The summed E-state index contributed by atoms with van der Waals surface area (Å²) >= 11 is 0. The molecule has 0 unspecified atom stereocenters. The SMILES string of the molecule is Cc1cc(C)n(CCCNC(=O)[C@H]2C[C@@H]2c2ccccc2)n1. The Morgan fingerprint density at radius 2 is 2.09 bits per heavy atom. The molecule has 4 heteroatoms. The summed E-state index contributed by atoms with van der Waals surface area (Å²) in [5, 5.41) is 7.49. The zero-order valence-electron chi connectivity index (χ0n) is 13.2. The van der Waals surface area contributed by atoms with Crippen LogP contribution in [0.5, 0.6) is 0 Å². The molecule has 2 atom stereocenters. The van der Waals surface area contributed by atoms with Crippen molar-refractivity contribution in [2.75, 3.05) is 6.54 Å². The molecule has 22 heavy (non-hydrogen) atoms. The van der Waals surface area contributed by atoms with Gasteiger partial charge in [-0.2, -0.15) is 5.10 Å². The number of aromatic nitrogens is 2. The highest BCUT2D eigenvalue weighted by molar-refractivity contribution is 5.82. The smallest absolute Gasteiger partial charge is 0.223 e. The van der Waals surface area contributed by atoms with Gasteiger partial charge in [0.2, 0.25) is 5.91 Å². The van der Waals surface area contributed by atoms with Crippen molar-refractivity contribution in [1.29, 1.82) is 0 Å². The van der Waals surface area contributed by atoms with Gasteiger partial charge in [0.15, 0.2) is 0 Å². The standard InChI is InChI=1S/C18H23N3O/c1-13-11-14(2)21(20-13)10-6-9-19-18(22)17-12-16(17)15-7-4-3-5-8-15/h3-5,7-8,11,16-17H,6,9-10,12H2,1-2H3,(H,19,22)/t16-,17+/m1/s1. The summed E-state index contributed by atoms with van der Waals surface area (Å²) in [5.74, 6) is 0.774. The van der Waals surface area contributed by atoms with E-state index in [1.807, 2.05) is 29.8 Å². The van der Waals surface area contributed by atoms with Gasteiger partial charge in [-0.25, -0.2) is 0 Å². The van der Waals surface area contributed by atoms with Crippen LogP contribution in [0.3, 0.4) is 0 Å². The quantitative estimate of drug-likeness (QED) is 0.833. The summed E-state index contributed by atoms with van der Waals surface area (Å²) in [5.41, 5.74) is 3.51. The molecule has 1 heterocycles. The molecule has 1 saturated carbocycles. The number of hydrogen-bond acceptors (Lipinski definition) is 2. The van der Waals surface area contributed by atoms with Crippen molar-refractivity contribution in [3.8, 4) is 0 Å². The van der Waals surface area contributed by atoms with Gasteiger partial charge in [0.1, 0.15) is 0 Å². The molecule has 0 bridgehead atoms. The van der Waals surface area contributed by atoms with E-state index in [-0.39, 0.29) is 11.8 Å². The van der Waals surface area contributed by atoms with Crippen LogP contribution >= 0.6 is 0 Å². The summed E-state index contributed by atoms with van der Waals surface area (Å²) < 4.78 is 2.01. The second kappa shape index (κ2) is 6.34. The molecule has 116 valence electrons. The number of nitrogens with one attached hydrogen (secondary N) is 1. The molecule has 3 rings (SSSR count). The predicted octanol–water partition coefficient (Wildman–Crippen LogP) is 2.81. The van der Waals surface area contributed by atoms with Crippen molar-refractivity contribution in [3.05, 3.63) is 53.3 Å². The number of amides is 1. The first-order valence-electron chi connectivity index (χ1n) is 7.99. The molecule has 4 nitrogen and oxygen atoms in total. The average Bonchev–Trinajstić information content (AvgIpc) is 3.25. The Morgan fingerprint density at radius 3 is 2.77 bits per heavy atom. The minimum atomic E-state index is 0.163. The molecule has 0 spiro atoms. The normalized spacial score (nSPS) is 19.9. The lowest BCUT2D eigenvalue weighted by Crippen LogP contribution is -2.27. The topological polar surface area (TPSA) is 46.9 Å². The maximum Gasteiger partial charge on any atom is 0.223 e. The van der Waals surface area contributed by atoms with E-state index < -0.39 is 0 Å². The minimum Gasteiger partial charge on any atom is -0.356 e. The Labute approximate surface area is 131 Å². The summed E-state index contributed by atoms with van der Waals surface area (Å²) in [6, 6.07) is 12.4. The molecule has 0 saturated heterocycles. The molecule has 1 aromatic heterocycles. The number of benzene rings is 1. The van der Waals surface area contributed by atoms with Crippen LogP contribution in [0.25, 0.3) is 0 Å². The van der Waals surface area contributed by atoms with Gasteiger partial charge in [-0.15, -0.1) is 0 Å². The van der Waals surface area contributed by atoms with Gasteiger partial charge in [0.05, 0.1) is 5.69 Å². The van der Waals surface area contributed by atoms with Crippen molar-refractivity contribution in [2.24, 2.45) is 5.92 Å². The van der Waals surface area contributed by atoms with E-state index in [1.165, 1.54) is 11.3 Å². The maximum atomic E-state index is 12.1. The monoisotopic (exact) mass is 297 g/mol. The van der Waals surface area contributed by atoms with Gasteiger partial charge in [-0.3, -0.25) is 9.48 Å². The second-order valence-electron chi connectivity index (χ2n) is 6.15. The molecule has 1 N–H and O–H groups in total. The summed E-state index contributed by atoms with van der Waals surface area (Å²) in [6.07, 6.45) is 1.89. The van der Waals surface area contributed by atoms with Crippen molar-refractivity contribution in [2.45, 2.75) is 39.2 Å². The lowest BCUT2D eigenvalue weighted by Gasteiger charge is -2.07. The highest BCUT2D eigenvalue weighted by atomic mass is 16.2. The lowest BCUT2D eigenvalue weighted by atomic mass is 10.1. The molecular weight excluding hydrogens is 274 g/mol. The van der Waals surface area contributed by atoms with Crippen LogP contribution in [-0.2, 0) is 11.3 Å². The van der Waals surface area contributed by atoms with E-state index in [4.69, 9.17) is 0 Å². The Kier molecular flexibility index (Phi) is 4.27. The van der Waals surface area contributed by atoms with E-state index in [1.54, 1.807) is 0 Å². The lowest BCUT2D eigenvalue weighted by molar-refractivity contribution is -0.122. The first kappa shape index (κ1) is 14.8. The zero-order valence-corrected chi connectivity index (χ0v) is 13.2. The van der Waals surface area contributed by atoms with E-state index in [0.717, 1.165) is 31.6 Å². The van der Waals surface area contributed by atoms with Crippen LogP contribution in [0.1, 0.15) is 35.7 Å². The van der Waals surface area contributed by atoms with Crippen LogP contribution in [0.2, 0.25) is 0 Å². The Hall–Kier alpha value is -2.10. The highest BCUT2D eigenvalue weighted by Crippen LogP contribution is 2.47. The van der Waals surface area contributed by atoms with Crippen LogP contribution in [0.15, 0.2) is 36.4 Å². The van der Waals surface area contributed by atoms with Crippen LogP contribution in [0, 0.1) is 19.8 Å². The fourth-order valence-electron chi connectivity index (χ4n) is 3.03. The zero-order chi connectivity index (χ0) is 15.5. The number of carbonyl (C=O) groups is 1. The Balaban J connectivity index is 1.40. The molecule has 2 aromatic rings. The molecular formula is C18H23N3O. The number of rotatable bonds is 6. The van der Waals surface area contributed by atoms with E-state index in [9.17, 15) is 4.79 Å². The van der Waals surface area contributed by atoms with E-state index in [2.05, 4.69) is 35.5 Å². The fourth-order valence-corrected chi connectivity index (χ4v) is 3.03. The van der Waals surface area contributed by atoms with Gasteiger partial charge >= 0.3 is 0 Å².